The van der Waals surface area contributed by atoms with E-state index in [0.29, 0.717) is 5.69 Å². The second-order valence-electron chi connectivity index (χ2n) is 5.09. The van der Waals surface area contributed by atoms with E-state index in [-0.39, 0.29) is 16.5 Å². The van der Waals surface area contributed by atoms with Crippen molar-refractivity contribution >= 4 is 27.5 Å². The molecular weight excluding hydrogens is 331 g/mol. The minimum atomic E-state index is -4.30. The Morgan fingerprint density at radius 3 is 2.68 bits per heavy atom. The maximum atomic E-state index is 13.7. The van der Waals surface area contributed by atoms with E-state index < -0.39 is 26.6 Å². The molecule has 1 aliphatic carbocycles. The number of aromatic nitrogens is 1. The van der Waals surface area contributed by atoms with Gasteiger partial charge in [-0.05, 0) is 43.0 Å². The van der Waals surface area contributed by atoms with Gasteiger partial charge in [-0.1, -0.05) is 11.6 Å². The van der Waals surface area contributed by atoms with Crippen LogP contribution in [0.3, 0.4) is 0 Å². The number of sulfonamides is 1. The summed E-state index contributed by atoms with van der Waals surface area (Å²) < 4.78 is 39.9. The van der Waals surface area contributed by atoms with E-state index in [1.807, 2.05) is 4.72 Å². The third kappa shape index (κ3) is 2.86. The number of nitrogens with one attached hydrogen (secondary N) is 2. The summed E-state index contributed by atoms with van der Waals surface area (Å²) in [5.74, 6) is -1.53. The highest BCUT2D eigenvalue weighted by atomic mass is 35.5. The van der Waals surface area contributed by atoms with Gasteiger partial charge in [0, 0.05) is 16.9 Å². The molecule has 8 heteroatoms. The Labute approximate surface area is 131 Å². The molecule has 0 radical (unpaired) electrons. The Balaban J connectivity index is 1.87. The Hall–Kier alpha value is -1.86. The highest BCUT2D eigenvalue weighted by molar-refractivity contribution is 7.90. The lowest BCUT2D eigenvalue weighted by Gasteiger charge is -2.08. The van der Waals surface area contributed by atoms with Gasteiger partial charge in [-0.3, -0.25) is 4.79 Å². The first-order chi connectivity index (χ1) is 10.4. The number of hydrogen-bond donors (Lipinski definition) is 2. The number of H-pyrrole nitrogens is 1. The van der Waals surface area contributed by atoms with Crippen LogP contribution in [0, 0.1) is 5.82 Å². The van der Waals surface area contributed by atoms with Gasteiger partial charge in [0.1, 0.15) is 10.7 Å². The van der Waals surface area contributed by atoms with Gasteiger partial charge < -0.3 is 4.98 Å². The first-order valence-electron chi connectivity index (χ1n) is 6.58. The van der Waals surface area contributed by atoms with E-state index in [0.717, 1.165) is 25.0 Å². The molecule has 3 rings (SSSR count). The molecule has 2 N–H and O–H groups in total. The van der Waals surface area contributed by atoms with Crippen molar-refractivity contribution in [3.63, 3.8) is 0 Å². The second-order valence-corrected chi connectivity index (χ2v) is 7.18. The summed E-state index contributed by atoms with van der Waals surface area (Å²) in [4.78, 5) is 14.5. The molecule has 0 atom stereocenters. The van der Waals surface area contributed by atoms with Gasteiger partial charge in [-0.25, -0.2) is 17.5 Å². The van der Waals surface area contributed by atoms with Crippen molar-refractivity contribution in [2.24, 2.45) is 0 Å². The maximum absolute atomic E-state index is 13.7. The molecule has 116 valence electrons. The number of carbonyl (C=O) groups excluding carboxylic acids is 1. The minimum Gasteiger partial charge on any atom is -0.364 e. The molecule has 22 heavy (non-hydrogen) atoms. The fourth-order valence-corrected chi connectivity index (χ4v) is 3.40. The molecule has 5 nitrogen and oxygen atoms in total. The Morgan fingerprint density at radius 1 is 1.32 bits per heavy atom. The van der Waals surface area contributed by atoms with Crippen molar-refractivity contribution in [3.05, 3.63) is 52.6 Å². The third-order valence-corrected chi connectivity index (χ3v) is 5.02. The average Bonchev–Trinajstić information content (AvgIpc) is 3.14. The molecule has 0 unspecified atom stereocenters. The molecule has 0 spiro atoms. The number of benzene rings is 1. The highest BCUT2D eigenvalue weighted by Crippen LogP contribution is 2.40. The number of carbonyl (C=O) groups is 1. The molecule has 1 heterocycles. The van der Waals surface area contributed by atoms with Gasteiger partial charge in [0.25, 0.3) is 15.9 Å². The summed E-state index contributed by atoms with van der Waals surface area (Å²) in [6.45, 7) is 0. The normalized spacial score (nSPS) is 14.8. The zero-order valence-corrected chi connectivity index (χ0v) is 12.8. The van der Waals surface area contributed by atoms with E-state index in [1.165, 1.54) is 12.1 Å². The number of hydrogen-bond acceptors (Lipinski definition) is 3. The largest absolute Gasteiger partial charge is 0.364 e. The van der Waals surface area contributed by atoms with Crippen LogP contribution in [0.4, 0.5) is 4.39 Å². The molecule has 1 aromatic carbocycles. The summed E-state index contributed by atoms with van der Waals surface area (Å²) in [5.41, 5.74) is 0.977. The second kappa shape index (κ2) is 5.40. The van der Waals surface area contributed by atoms with Crippen LogP contribution in [-0.4, -0.2) is 19.3 Å². The summed E-state index contributed by atoms with van der Waals surface area (Å²) >= 11 is 5.59. The van der Waals surface area contributed by atoms with E-state index in [4.69, 9.17) is 11.6 Å². The van der Waals surface area contributed by atoms with Crippen LogP contribution < -0.4 is 4.72 Å². The van der Waals surface area contributed by atoms with Gasteiger partial charge >= 0.3 is 0 Å². The van der Waals surface area contributed by atoms with Gasteiger partial charge in [-0.15, -0.1) is 0 Å². The summed E-state index contributed by atoms with van der Waals surface area (Å²) in [6, 6.07) is 4.66. The quantitative estimate of drug-likeness (QED) is 0.896. The Kier molecular flexibility index (Phi) is 3.70. The maximum Gasteiger partial charge on any atom is 0.267 e. The summed E-state index contributed by atoms with van der Waals surface area (Å²) in [5, 5.41) is 0.0735. The van der Waals surface area contributed by atoms with Gasteiger partial charge in [0.15, 0.2) is 0 Å². The van der Waals surface area contributed by atoms with Crippen LogP contribution in [0.5, 0.6) is 0 Å². The number of rotatable bonds is 4. The molecule has 1 aromatic heterocycles. The fourth-order valence-electron chi connectivity index (χ4n) is 2.22. The number of aromatic amines is 1. The van der Waals surface area contributed by atoms with Crippen LogP contribution >= 0.6 is 11.6 Å². The predicted octanol–water partition coefficient (Wildman–Crippen LogP) is 2.80. The predicted molar refractivity (Wildman–Crippen MR) is 78.8 cm³/mol. The topological polar surface area (TPSA) is 79.0 Å². The average molecular weight is 343 g/mol. The zero-order valence-electron chi connectivity index (χ0n) is 11.3. The Bertz CT molecular complexity index is 844. The minimum absolute atomic E-state index is 0.0735. The lowest BCUT2D eigenvalue weighted by atomic mass is 10.2. The standard InChI is InChI=1S/C14H12ClFN2O3S/c15-9-3-4-12(11(16)7-9)22(20,21)18-14(19)10-5-6-17-13(10)8-1-2-8/h3-8,17H,1-2H2,(H,18,19). The lowest BCUT2D eigenvalue weighted by Crippen LogP contribution is -2.31. The number of halogens is 2. The highest BCUT2D eigenvalue weighted by Gasteiger charge is 2.31. The molecule has 1 aliphatic rings. The van der Waals surface area contributed by atoms with Gasteiger partial charge in [-0.2, -0.15) is 0 Å². The summed E-state index contributed by atoms with van der Waals surface area (Å²) in [6.07, 6.45) is 3.50. The van der Waals surface area contributed by atoms with Crippen molar-refractivity contribution in [1.29, 1.82) is 0 Å². The van der Waals surface area contributed by atoms with Crippen LogP contribution in [0.1, 0.15) is 34.8 Å². The zero-order chi connectivity index (χ0) is 15.9. The molecular formula is C14H12ClFN2O3S. The van der Waals surface area contributed by atoms with E-state index in [9.17, 15) is 17.6 Å². The fraction of sp³-hybridized carbons (Fsp3) is 0.214. The lowest BCUT2D eigenvalue weighted by molar-refractivity contribution is 0.0980. The van der Waals surface area contributed by atoms with E-state index >= 15 is 0 Å². The van der Waals surface area contributed by atoms with Crippen LogP contribution in [0.2, 0.25) is 5.02 Å². The van der Waals surface area contributed by atoms with Gasteiger partial charge in [0.05, 0.1) is 5.56 Å². The van der Waals surface area contributed by atoms with Crippen molar-refractivity contribution in [3.8, 4) is 0 Å². The molecule has 1 saturated carbocycles. The van der Waals surface area contributed by atoms with Crippen LogP contribution in [-0.2, 0) is 10.0 Å². The molecule has 0 bridgehead atoms. The van der Waals surface area contributed by atoms with Gasteiger partial charge in [0.2, 0.25) is 0 Å². The SMILES string of the molecule is O=C(NS(=O)(=O)c1ccc(Cl)cc1F)c1cc[nH]c1C1CC1. The first-order valence-corrected chi connectivity index (χ1v) is 8.44. The first kappa shape index (κ1) is 15.1. The monoisotopic (exact) mass is 342 g/mol. The van der Waals surface area contributed by atoms with Crippen molar-refractivity contribution in [2.45, 2.75) is 23.7 Å². The van der Waals surface area contributed by atoms with Crippen LogP contribution in [0.25, 0.3) is 0 Å². The molecule has 1 amide bonds. The van der Waals surface area contributed by atoms with E-state index in [2.05, 4.69) is 4.98 Å². The number of amides is 1. The molecule has 2 aromatic rings. The molecule has 0 saturated heterocycles. The third-order valence-electron chi connectivity index (χ3n) is 3.42. The van der Waals surface area contributed by atoms with Crippen molar-refractivity contribution in [2.75, 3.05) is 0 Å². The van der Waals surface area contributed by atoms with E-state index in [1.54, 1.807) is 6.20 Å². The van der Waals surface area contributed by atoms with Crippen molar-refractivity contribution < 1.29 is 17.6 Å². The summed E-state index contributed by atoms with van der Waals surface area (Å²) in [7, 11) is -4.30. The smallest absolute Gasteiger partial charge is 0.267 e. The van der Waals surface area contributed by atoms with Crippen molar-refractivity contribution in [1.82, 2.24) is 9.71 Å². The van der Waals surface area contributed by atoms with Crippen LogP contribution in [0.15, 0.2) is 35.4 Å². The molecule has 1 fully saturated rings. The molecule has 0 aliphatic heterocycles. The Morgan fingerprint density at radius 2 is 2.05 bits per heavy atom.